The van der Waals surface area contributed by atoms with E-state index in [1.54, 1.807) is 11.8 Å². The molecule has 0 radical (unpaired) electrons. The first-order valence-corrected chi connectivity index (χ1v) is 12.0. The summed E-state index contributed by atoms with van der Waals surface area (Å²) in [6, 6.07) is 7.98. The summed E-state index contributed by atoms with van der Waals surface area (Å²) in [5.41, 5.74) is 1.16. The summed E-state index contributed by atoms with van der Waals surface area (Å²) < 4.78 is 5.98. The molecule has 3 heterocycles. The van der Waals surface area contributed by atoms with Crippen LogP contribution in [0.1, 0.15) is 57.4 Å². The second-order valence-electron chi connectivity index (χ2n) is 9.59. The van der Waals surface area contributed by atoms with Gasteiger partial charge in [-0.15, -0.1) is 0 Å². The Morgan fingerprint density at radius 2 is 1.84 bits per heavy atom. The molecule has 0 unspecified atom stereocenters. The number of hydrogen-bond donors (Lipinski definition) is 1. The van der Waals surface area contributed by atoms with Gasteiger partial charge in [-0.05, 0) is 62.5 Å². The Balaban J connectivity index is 1.37. The highest BCUT2D eigenvalue weighted by Gasteiger charge is 2.37. The highest BCUT2D eigenvalue weighted by molar-refractivity contribution is 5.86. The fraction of sp³-hybridized carbons (Fsp3) is 0.640. The second kappa shape index (κ2) is 9.92. The smallest absolute Gasteiger partial charge is 0.260 e. The van der Waals surface area contributed by atoms with Crippen molar-refractivity contribution in [1.29, 1.82) is 0 Å². The quantitative estimate of drug-likeness (QED) is 0.765. The molecule has 1 atom stereocenters. The van der Waals surface area contributed by atoms with Crippen molar-refractivity contribution in [1.82, 2.24) is 15.1 Å². The number of benzene rings is 1. The molecule has 3 aliphatic heterocycles. The fourth-order valence-corrected chi connectivity index (χ4v) is 5.18. The van der Waals surface area contributed by atoms with E-state index < -0.39 is 6.10 Å². The molecule has 0 bridgehead atoms. The van der Waals surface area contributed by atoms with Gasteiger partial charge in [-0.2, -0.15) is 0 Å². The van der Waals surface area contributed by atoms with Gasteiger partial charge in [0.05, 0.1) is 6.54 Å². The fourth-order valence-electron chi connectivity index (χ4n) is 5.18. The number of amides is 3. The molecular weight excluding hydrogens is 406 g/mol. The predicted molar refractivity (Wildman–Crippen MR) is 121 cm³/mol. The number of likely N-dealkylation sites (tertiary alicyclic amines) is 2. The lowest BCUT2D eigenvalue weighted by Crippen LogP contribution is -2.51. The van der Waals surface area contributed by atoms with Crippen LogP contribution in [0, 0.1) is 5.41 Å². The maximum Gasteiger partial charge on any atom is 0.260 e. The van der Waals surface area contributed by atoms with E-state index in [0.29, 0.717) is 32.6 Å². The molecule has 1 aromatic rings. The molecule has 4 rings (SSSR count). The Morgan fingerprint density at radius 1 is 1.06 bits per heavy atom. The minimum Gasteiger partial charge on any atom is -0.481 e. The molecule has 174 valence electrons. The Kier molecular flexibility index (Phi) is 7.01. The minimum atomic E-state index is -0.549. The van der Waals surface area contributed by atoms with Gasteiger partial charge in [0.25, 0.3) is 5.91 Å². The van der Waals surface area contributed by atoms with Crippen molar-refractivity contribution in [2.45, 2.75) is 64.4 Å². The predicted octanol–water partition coefficient (Wildman–Crippen LogP) is 2.53. The van der Waals surface area contributed by atoms with Gasteiger partial charge in [0.15, 0.2) is 6.10 Å². The summed E-state index contributed by atoms with van der Waals surface area (Å²) in [5, 5.41) is 3.13. The molecule has 0 aliphatic carbocycles. The van der Waals surface area contributed by atoms with Gasteiger partial charge in [0, 0.05) is 32.6 Å². The zero-order valence-electron chi connectivity index (χ0n) is 19.1. The van der Waals surface area contributed by atoms with Crippen LogP contribution in [-0.2, 0) is 20.8 Å². The van der Waals surface area contributed by atoms with Crippen LogP contribution in [-0.4, -0.2) is 66.3 Å². The first-order chi connectivity index (χ1) is 15.5. The van der Waals surface area contributed by atoms with Crippen molar-refractivity contribution in [3.63, 3.8) is 0 Å². The van der Waals surface area contributed by atoms with Crippen LogP contribution in [0.4, 0.5) is 0 Å². The molecule has 1 aromatic carbocycles. The SMILES string of the molecule is C[C@H]1Oc2ccccc2CCCCC2(CCN(C(=O)CN3CCCC3=O)CC2)CNC1=O. The third-order valence-electron chi connectivity index (χ3n) is 7.36. The maximum atomic E-state index is 12.7. The zero-order valence-corrected chi connectivity index (χ0v) is 19.1. The number of fused-ring (bicyclic) bond motifs is 1. The third kappa shape index (κ3) is 5.25. The Hall–Kier alpha value is -2.57. The van der Waals surface area contributed by atoms with E-state index in [9.17, 15) is 14.4 Å². The lowest BCUT2D eigenvalue weighted by atomic mass is 9.74. The van der Waals surface area contributed by atoms with Crippen molar-refractivity contribution in [2.75, 3.05) is 32.7 Å². The second-order valence-corrected chi connectivity index (χ2v) is 9.59. The van der Waals surface area contributed by atoms with Crippen molar-refractivity contribution < 1.29 is 19.1 Å². The van der Waals surface area contributed by atoms with E-state index in [1.807, 2.05) is 23.1 Å². The van der Waals surface area contributed by atoms with E-state index >= 15 is 0 Å². The number of para-hydroxylation sites is 1. The van der Waals surface area contributed by atoms with Crippen LogP contribution >= 0.6 is 0 Å². The van der Waals surface area contributed by atoms with Crippen LogP contribution in [0.2, 0.25) is 0 Å². The van der Waals surface area contributed by atoms with Gasteiger partial charge in [-0.3, -0.25) is 14.4 Å². The molecule has 1 N–H and O–H groups in total. The summed E-state index contributed by atoms with van der Waals surface area (Å²) in [6.07, 6.45) is 6.74. The number of piperidine rings is 1. The van der Waals surface area contributed by atoms with Crippen LogP contribution in [0.3, 0.4) is 0 Å². The maximum absolute atomic E-state index is 12.7. The van der Waals surface area contributed by atoms with E-state index in [1.165, 1.54) is 0 Å². The van der Waals surface area contributed by atoms with Gasteiger partial charge in [-0.25, -0.2) is 0 Å². The summed E-state index contributed by atoms with van der Waals surface area (Å²) in [4.78, 5) is 40.9. The number of carbonyl (C=O) groups excluding carboxylic acids is 3. The normalized spacial score (nSPS) is 24.2. The van der Waals surface area contributed by atoms with E-state index in [4.69, 9.17) is 4.74 Å². The van der Waals surface area contributed by atoms with Gasteiger partial charge in [-0.1, -0.05) is 24.6 Å². The number of rotatable bonds is 2. The van der Waals surface area contributed by atoms with E-state index in [2.05, 4.69) is 11.4 Å². The van der Waals surface area contributed by atoms with Gasteiger partial charge in [0.2, 0.25) is 11.8 Å². The number of carbonyl (C=O) groups is 3. The van der Waals surface area contributed by atoms with Crippen molar-refractivity contribution >= 4 is 17.7 Å². The molecular formula is C25H35N3O4. The van der Waals surface area contributed by atoms with Crippen molar-refractivity contribution in [3.8, 4) is 5.75 Å². The lowest BCUT2D eigenvalue weighted by Gasteiger charge is -2.43. The molecule has 2 fully saturated rings. The van der Waals surface area contributed by atoms with Gasteiger partial charge < -0.3 is 19.9 Å². The van der Waals surface area contributed by atoms with Crippen LogP contribution in [0.15, 0.2) is 24.3 Å². The number of nitrogens with one attached hydrogen (secondary N) is 1. The molecule has 3 amide bonds. The average molecular weight is 442 g/mol. The highest BCUT2D eigenvalue weighted by Crippen LogP contribution is 2.37. The number of aryl methyl sites for hydroxylation is 1. The van der Waals surface area contributed by atoms with E-state index in [-0.39, 0.29) is 29.7 Å². The van der Waals surface area contributed by atoms with Crippen LogP contribution < -0.4 is 10.1 Å². The average Bonchev–Trinajstić information content (AvgIpc) is 3.20. The number of nitrogens with zero attached hydrogens (tertiary/aromatic N) is 2. The summed E-state index contributed by atoms with van der Waals surface area (Å²) in [7, 11) is 0. The molecule has 7 nitrogen and oxygen atoms in total. The largest absolute Gasteiger partial charge is 0.481 e. The zero-order chi connectivity index (χ0) is 22.6. The minimum absolute atomic E-state index is 0.00827. The molecule has 7 heteroatoms. The molecule has 0 saturated carbocycles. The highest BCUT2D eigenvalue weighted by atomic mass is 16.5. The first kappa shape index (κ1) is 22.6. The Bertz CT molecular complexity index is 847. The topological polar surface area (TPSA) is 79.0 Å². The molecule has 3 aliphatic rings. The third-order valence-corrected chi connectivity index (χ3v) is 7.36. The molecule has 32 heavy (non-hydrogen) atoms. The monoisotopic (exact) mass is 441 g/mol. The van der Waals surface area contributed by atoms with Crippen molar-refractivity contribution in [2.24, 2.45) is 5.41 Å². The molecule has 2 saturated heterocycles. The van der Waals surface area contributed by atoms with Crippen LogP contribution in [0.5, 0.6) is 5.75 Å². The van der Waals surface area contributed by atoms with Gasteiger partial charge in [0.1, 0.15) is 5.75 Å². The Labute approximate surface area is 190 Å². The molecule has 1 spiro atoms. The standard InChI is InChI=1S/C25H35N3O4/c1-19-24(31)26-18-25(11-5-4-8-20-7-2-3-9-21(20)32-19)12-15-27(16-13-25)23(30)17-28-14-6-10-22(28)29/h2-3,7,9,19H,4-6,8,10-18H2,1H3,(H,26,31)/t19-/m1/s1. The summed E-state index contributed by atoms with van der Waals surface area (Å²) >= 11 is 0. The molecule has 0 aromatic heterocycles. The summed E-state index contributed by atoms with van der Waals surface area (Å²) in [6.45, 7) is 4.69. The Morgan fingerprint density at radius 3 is 2.59 bits per heavy atom. The van der Waals surface area contributed by atoms with E-state index in [0.717, 1.165) is 56.3 Å². The number of ether oxygens (including phenoxy) is 1. The first-order valence-electron chi connectivity index (χ1n) is 12.0. The van der Waals surface area contributed by atoms with Gasteiger partial charge >= 0.3 is 0 Å². The van der Waals surface area contributed by atoms with Crippen LogP contribution in [0.25, 0.3) is 0 Å². The summed E-state index contributed by atoms with van der Waals surface area (Å²) in [5.74, 6) is 0.845. The number of hydrogen-bond acceptors (Lipinski definition) is 4. The lowest BCUT2D eigenvalue weighted by molar-refractivity contribution is -0.140. The van der Waals surface area contributed by atoms with Crippen molar-refractivity contribution in [3.05, 3.63) is 29.8 Å².